The summed E-state index contributed by atoms with van der Waals surface area (Å²) in [4.78, 5) is 27.8. The number of pyridine rings is 1. The van der Waals surface area contributed by atoms with Gasteiger partial charge in [0.15, 0.2) is 0 Å². The molecule has 4 aromatic rings. The molecule has 5 heterocycles. The molecule has 1 unspecified atom stereocenters. The lowest BCUT2D eigenvalue weighted by Gasteiger charge is -2.30. The van der Waals surface area contributed by atoms with E-state index in [1.807, 2.05) is 31.5 Å². The molecule has 35 heavy (non-hydrogen) atoms. The molecule has 1 aromatic carbocycles. The van der Waals surface area contributed by atoms with Gasteiger partial charge in [-0.05, 0) is 36.2 Å². The van der Waals surface area contributed by atoms with Gasteiger partial charge in [0.1, 0.15) is 12.3 Å². The molecule has 0 saturated heterocycles. The molecule has 2 aliphatic heterocycles. The zero-order valence-electron chi connectivity index (χ0n) is 19.1. The minimum Gasteiger partial charge on any atom is -0.457 e. The lowest BCUT2D eigenvalue weighted by Crippen LogP contribution is -2.35. The number of β-amino-alcohol motifs (C(OH)–C–C–N with tert-alkyl or cyclic N) is 1. The number of hydrogen-bond acceptors (Lipinski definition) is 8. The smallest absolute Gasteiger partial charge is 0.338 e. The van der Waals surface area contributed by atoms with Gasteiger partial charge in [0, 0.05) is 61.2 Å². The number of aliphatic hydroxyl groups excluding tert-OH is 1. The van der Waals surface area contributed by atoms with Gasteiger partial charge in [0.25, 0.3) is 0 Å². The van der Waals surface area contributed by atoms with Crippen molar-refractivity contribution in [3.8, 4) is 12.0 Å². The Labute approximate surface area is 201 Å². The highest BCUT2D eigenvalue weighted by Crippen LogP contribution is 2.30. The number of ether oxygens (including phenoxy) is 1. The van der Waals surface area contributed by atoms with E-state index in [1.54, 1.807) is 22.9 Å². The summed E-state index contributed by atoms with van der Waals surface area (Å²) in [6.45, 7) is 4.07. The maximum absolute atomic E-state index is 11.8. The predicted molar refractivity (Wildman–Crippen MR) is 126 cm³/mol. The summed E-state index contributed by atoms with van der Waals surface area (Å²) < 4.78 is 6.94. The summed E-state index contributed by atoms with van der Waals surface area (Å²) in [6.07, 6.45) is 5.35. The standard InChI is InChI=1S/C26H22N6O3/c1-15-18(2-3-20-21(15)14-35-25(20)34)23(33)13-31-8-6-22-17(12-31)11-29-26(30-22)32-9-5-19-16(10-27)4-7-28-24(19)32/h2-5,7,9,11,23,33H,6,8,12-14H2,1H3. The molecule has 0 radical (unpaired) electrons. The van der Waals surface area contributed by atoms with Crippen LogP contribution in [0, 0.1) is 18.3 Å². The van der Waals surface area contributed by atoms with Crippen molar-refractivity contribution in [2.75, 3.05) is 13.1 Å². The average molecular weight is 467 g/mol. The Morgan fingerprint density at radius 2 is 2.14 bits per heavy atom. The fraction of sp³-hybridized carbons (Fsp3) is 0.269. The van der Waals surface area contributed by atoms with Gasteiger partial charge in [0.05, 0.1) is 29.0 Å². The van der Waals surface area contributed by atoms with Crippen molar-refractivity contribution in [1.82, 2.24) is 24.4 Å². The third kappa shape index (κ3) is 3.55. The molecule has 0 spiro atoms. The number of cyclic esters (lactones) is 1. The Balaban J connectivity index is 1.21. The Hall–Kier alpha value is -4.13. The van der Waals surface area contributed by atoms with Crippen molar-refractivity contribution in [3.63, 3.8) is 0 Å². The first-order valence-electron chi connectivity index (χ1n) is 11.4. The van der Waals surface area contributed by atoms with E-state index in [-0.39, 0.29) is 12.6 Å². The number of carbonyl (C=O) groups is 1. The number of aliphatic hydroxyl groups is 1. The molecule has 1 atom stereocenters. The molecular formula is C26H22N6O3. The second-order valence-electron chi connectivity index (χ2n) is 8.92. The predicted octanol–water partition coefficient (Wildman–Crippen LogP) is 2.76. The van der Waals surface area contributed by atoms with Crippen molar-refractivity contribution in [3.05, 3.63) is 81.9 Å². The number of fused-ring (bicyclic) bond motifs is 3. The summed E-state index contributed by atoms with van der Waals surface area (Å²) in [7, 11) is 0. The van der Waals surface area contributed by atoms with E-state index in [9.17, 15) is 15.2 Å². The topological polar surface area (TPSA) is 117 Å². The normalized spacial score (nSPS) is 16.0. The fourth-order valence-electron chi connectivity index (χ4n) is 5.00. The van der Waals surface area contributed by atoms with E-state index in [1.165, 1.54) is 0 Å². The first-order valence-corrected chi connectivity index (χ1v) is 11.4. The van der Waals surface area contributed by atoms with Gasteiger partial charge in [0.2, 0.25) is 5.95 Å². The third-order valence-electron chi connectivity index (χ3n) is 6.92. The van der Waals surface area contributed by atoms with E-state index in [2.05, 4.69) is 20.9 Å². The lowest BCUT2D eigenvalue weighted by atomic mass is 9.95. The highest BCUT2D eigenvalue weighted by molar-refractivity contribution is 5.94. The molecular weight excluding hydrogens is 444 g/mol. The molecule has 0 aliphatic carbocycles. The van der Waals surface area contributed by atoms with Crippen molar-refractivity contribution in [2.24, 2.45) is 0 Å². The van der Waals surface area contributed by atoms with Gasteiger partial charge in [-0.3, -0.25) is 9.47 Å². The van der Waals surface area contributed by atoms with Gasteiger partial charge in [-0.25, -0.2) is 19.7 Å². The summed E-state index contributed by atoms with van der Waals surface area (Å²) in [6, 6.07) is 9.32. The number of nitriles is 1. The molecule has 1 N–H and O–H groups in total. The molecule has 2 aliphatic rings. The van der Waals surface area contributed by atoms with E-state index in [0.29, 0.717) is 35.8 Å². The average Bonchev–Trinajstić information content (AvgIpc) is 3.48. The highest BCUT2D eigenvalue weighted by Gasteiger charge is 2.27. The third-order valence-corrected chi connectivity index (χ3v) is 6.92. The summed E-state index contributed by atoms with van der Waals surface area (Å²) in [5.41, 5.74) is 6.42. The van der Waals surface area contributed by atoms with Crippen LogP contribution in [-0.4, -0.2) is 48.6 Å². The Bertz CT molecular complexity index is 1540. The molecule has 0 amide bonds. The van der Waals surface area contributed by atoms with Crippen LogP contribution >= 0.6 is 0 Å². The molecule has 9 nitrogen and oxygen atoms in total. The number of benzene rings is 1. The summed E-state index contributed by atoms with van der Waals surface area (Å²) in [5, 5.41) is 21.1. The van der Waals surface area contributed by atoms with E-state index in [0.717, 1.165) is 46.3 Å². The van der Waals surface area contributed by atoms with Gasteiger partial charge in [-0.2, -0.15) is 5.26 Å². The molecule has 3 aromatic heterocycles. The van der Waals surface area contributed by atoms with Gasteiger partial charge < -0.3 is 9.84 Å². The Kier molecular flexibility index (Phi) is 5.06. The Morgan fingerprint density at radius 1 is 1.26 bits per heavy atom. The minimum atomic E-state index is -0.676. The zero-order chi connectivity index (χ0) is 24.1. The van der Waals surface area contributed by atoms with Crippen LogP contribution in [0.25, 0.3) is 17.0 Å². The molecule has 0 bridgehead atoms. The molecule has 0 fully saturated rings. The minimum absolute atomic E-state index is 0.265. The SMILES string of the molecule is Cc1c(C(O)CN2CCc3nc(-n4ccc5c(C#N)ccnc54)ncc3C2)ccc2c1COC2=O. The highest BCUT2D eigenvalue weighted by atomic mass is 16.5. The maximum Gasteiger partial charge on any atom is 0.338 e. The van der Waals surface area contributed by atoms with Crippen LogP contribution in [0.3, 0.4) is 0 Å². The fourth-order valence-corrected chi connectivity index (χ4v) is 5.00. The number of aromatic nitrogens is 4. The van der Waals surface area contributed by atoms with E-state index < -0.39 is 6.10 Å². The summed E-state index contributed by atoms with van der Waals surface area (Å²) >= 11 is 0. The van der Waals surface area contributed by atoms with E-state index in [4.69, 9.17) is 9.72 Å². The summed E-state index contributed by atoms with van der Waals surface area (Å²) in [5.74, 6) is 0.227. The number of nitrogens with zero attached hydrogens (tertiary/aromatic N) is 6. The van der Waals surface area contributed by atoms with Crippen LogP contribution < -0.4 is 0 Å². The van der Waals surface area contributed by atoms with Crippen molar-refractivity contribution < 1.29 is 14.6 Å². The molecule has 9 heteroatoms. The second kappa shape index (κ2) is 8.27. The first-order chi connectivity index (χ1) is 17.0. The molecule has 174 valence electrons. The number of carbonyl (C=O) groups excluding carboxylic acids is 1. The van der Waals surface area contributed by atoms with E-state index >= 15 is 0 Å². The quantitative estimate of drug-likeness (QED) is 0.456. The van der Waals surface area contributed by atoms with Crippen LogP contribution in [-0.2, 0) is 24.3 Å². The van der Waals surface area contributed by atoms with Crippen LogP contribution in [0.1, 0.15) is 50.0 Å². The maximum atomic E-state index is 11.8. The van der Waals surface area contributed by atoms with Gasteiger partial charge in [-0.15, -0.1) is 0 Å². The zero-order valence-corrected chi connectivity index (χ0v) is 19.1. The Morgan fingerprint density at radius 3 is 3.00 bits per heavy atom. The van der Waals surface area contributed by atoms with Crippen LogP contribution in [0.15, 0.2) is 42.9 Å². The molecule has 0 saturated carbocycles. The van der Waals surface area contributed by atoms with Crippen LogP contribution in [0.4, 0.5) is 0 Å². The molecule has 6 rings (SSSR count). The van der Waals surface area contributed by atoms with Crippen molar-refractivity contribution in [1.29, 1.82) is 5.26 Å². The lowest BCUT2D eigenvalue weighted by molar-refractivity contribution is 0.0535. The second-order valence-corrected chi connectivity index (χ2v) is 8.92. The van der Waals surface area contributed by atoms with Crippen LogP contribution in [0.2, 0.25) is 0 Å². The van der Waals surface area contributed by atoms with Crippen LogP contribution in [0.5, 0.6) is 0 Å². The number of esters is 1. The number of hydrogen-bond donors (Lipinski definition) is 1. The van der Waals surface area contributed by atoms with Crippen molar-refractivity contribution in [2.45, 2.75) is 32.6 Å². The van der Waals surface area contributed by atoms with Gasteiger partial charge in [-0.1, -0.05) is 6.07 Å². The van der Waals surface area contributed by atoms with Crippen molar-refractivity contribution >= 4 is 17.0 Å². The monoisotopic (exact) mass is 466 g/mol. The number of rotatable bonds is 4. The van der Waals surface area contributed by atoms with Gasteiger partial charge >= 0.3 is 5.97 Å². The first kappa shape index (κ1) is 21.4. The largest absolute Gasteiger partial charge is 0.457 e.